The lowest BCUT2D eigenvalue weighted by Crippen LogP contribution is -2.02. The van der Waals surface area contributed by atoms with Crippen LogP contribution in [0.25, 0.3) is 10.4 Å². The maximum Gasteiger partial charge on any atom is 0.336 e. The van der Waals surface area contributed by atoms with Crippen molar-refractivity contribution in [3.63, 3.8) is 0 Å². The average molecular weight is 220 g/mol. The molecule has 0 unspecified atom stereocenters. The molecule has 0 fully saturated rings. The summed E-state index contributed by atoms with van der Waals surface area (Å²) in [5.41, 5.74) is 6.24. The Morgan fingerprint density at radius 2 is 2.33 bits per heavy atom. The van der Waals surface area contributed by atoms with Crippen LogP contribution in [0.15, 0.2) is 29.8 Å². The fourth-order valence-electron chi connectivity index (χ4n) is 1.28. The van der Waals surface area contributed by atoms with Crippen LogP contribution in [0.2, 0.25) is 0 Å². The molecular weight excluding hydrogens is 212 g/mol. The number of hydrogen-bond donors (Lipinski definition) is 2. The Hall–Kier alpha value is -1.88. The highest BCUT2D eigenvalue weighted by atomic mass is 32.1. The summed E-state index contributed by atoms with van der Waals surface area (Å²) in [5.74, 6) is -0.778. The number of carboxylic acids is 1. The molecule has 76 valence electrons. The van der Waals surface area contributed by atoms with Crippen LogP contribution >= 0.6 is 11.3 Å². The summed E-state index contributed by atoms with van der Waals surface area (Å²) in [6.45, 7) is 0. The van der Waals surface area contributed by atoms with Gasteiger partial charge in [0.05, 0.1) is 5.56 Å². The molecule has 2 heterocycles. The zero-order valence-corrected chi connectivity index (χ0v) is 8.49. The third-order valence-corrected chi connectivity index (χ3v) is 2.85. The summed E-state index contributed by atoms with van der Waals surface area (Å²) in [4.78, 5) is 15.8. The number of carbonyl (C=O) groups is 1. The van der Waals surface area contributed by atoms with Crippen LogP contribution in [-0.4, -0.2) is 16.1 Å². The first-order valence-corrected chi connectivity index (χ1v) is 5.09. The van der Waals surface area contributed by atoms with Gasteiger partial charge < -0.3 is 10.8 Å². The maximum absolute atomic E-state index is 11.0. The van der Waals surface area contributed by atoms with Crippen LogP contribution in [0.3, 0.4) is 0 Å². The Morgan fingerprint density at radius 3 is 2.93 bits per heavy atom. The summed E-state index contributed by atoms with van der Waals surface area (Å²) in [6, 6.07) is 5.09. The van der Waals surface area contributed by atoms with Crippen molar-refractivity contribution in [2.24, 2.45) is 0 Å². The number of nitrogens with zero attached hydrogens (tertiary/aromatic N) is 1. The molecule has 0 aliphatic heterocycles. The number of rotatable bonds is 2. The largest absolute Gasteiger partial charge is 0.478 e. The zero-order chi connectivity index (χ0) is 10.8. The third-order valence-electron chi connectivity index (χ3n) is 1.94. The fraction of sp³-hybridized carbons (Fsp3) is 0. The van der Waals surface area contributed by atoms with E-state index in [1.165, 1.54) is 23.6 Å². The molecule has 0 aliphatic carbocycles. The number of nitrogens with two attached hydrogens (primary N) is 1. The third kappa shape index (κ3) is 1.82. The number of thiophene rings is 1. The van der Waals surface area contributed by atoms with Gasteiger partial charge in [-0.05, 0) is 17.5 Å². The second-order valence-electron chi connectivity index (χ2n) is 2.94. The first-order chi connectivity index (χ1) is 7.18. The molecule has 0 atom stereocenters. The van der Waals surface area contributed by atoms with Crippen molar-refractivity contribution in [2.75, 3.05) is 5.73 Å². The van der Waals surface area contributed by atoms with Gasteiger partial charge in [-0.1, -0.05) is 6.07 Å². The molecule has 2 aromatic heterocycles. The second kappa shape index (κ2) is 3.70. The fourth-order valence-corrected chi connectivity index (χ4v) is 2.03. The van der Waals surface area contributed by atoms with Gasteiger partial charge in [-0.3, -0.25) is 0 Å². The Kier molecular flexibility index (Phi) is 2.39. The van der Waals surface area contributed by atoms with Crippen LogP contribution in [0.4, 0.5) is 5.82 Å². The minimum atomic E-state index is -0.993. The van der Waals surface area contributed by atoms with Crippen molar-refractivity contribution in [1.29, 1.82) is 0 Å². The van der Waals surface area contributed by atoms with E-state index in [1.54, 1.807) is 0 Å². The molecule has 2 rings (SSSR count). The van der Waals surface area contributed by atoms with Gasteiger partial charge in [0, 0.05) is 16.6 Å². The summed E-state index contributed by atoms with van der Waals surface area (Å²) >= 11 is 1.47. The predicted octanol–water partition coefficient (Wildman–Crippen LogP) is 2.09. The molecule has 0 saturated heterocycles. The van der Waals surface area contributed by atoms with Gasteiger partial charge in [0.15, 0.2) is 0 Å². The quantitative estimate of drug-likeness (QED) is 0.812. The highest BCUT2D eigenvalue weighted by Gasteiger charge is 2.13. The molecule has 0 bridgehead atoms. The van der Waals surface area contributed by atoms with Crippen LogP contribution in [0, 0.1) is 0 Å². The number of pyridine rings is 1. The monoisotopic (exact) mass is 220 g/mol. The molecular formula is C10H8N2O2S. The van der Waals surface area contributed by atoms with Crippen LogP contribution in [0.5, 0.6) is 0 Å². The first kappa shape index (κ1) is 9.67. The minimum absolute atomic E-state index is 0.185. The van der Waals surface area contributed by atoms with Crippen molar-refractivity contribution in [1.82, 2.24) is 4.98 Å². The van der Waals surface area contributed by atoms with E-state index in [9.17, 15) is 4.79 Å². The Labute approximate surface area is 90.0 Å². The molecule has 5 heteroatoms. The van der Waals surface area contributed by atoms with Gasteiger partial charge in [0.25, 0.3) is 0 Å². The molecule has 15 heavy (non-hydrogen) atoms. The van der Waals surface area contributed by atoms with E-state index in [4.69, 9.17) is 10.8 Å². The van der Waals surface area contributed by atoms with E-state index in [0.717, 1.165) is 4.88 Å². The smallest absolute Gasteiger partial charge is 0.336 e. The topological polar surface area (TPSA) is 76.2 Å². The van der Waals surface area contributed by atoms with Crippen molar-refractivity contribution >= 4 is 23.1 Å². The van der Waals surface area contributed by atoms with Gasteiger partial charge in [-0.25, -0.2) is 9.78 Å². The standard InChI is InChI=1S/C10H8N2O2S/c11-9-4-6(10(13)14)7(5-12-9)8-2-1-3-15-8/h1-5H,(H2,11,12)(H,13,14). The number of aromatic nitrogens is 1. The van der Waals surface area contributed by atoms with Gasteiger partial charge in [-0.2, -0.15) is 0 Å². The normalized spacial score (nSPS) is 10.1. The van der Waals surface area contributed by atoms with E-state index < -0.39 is 5.97 Å². The second-order valence-corrected chi connectivity index (χ2v) is 3.88. The lowest BCUT2D eigenvalue weighted by Gasteiger charge is -2.03. The average Bonchev–Trinajstić information content (AvgIpc) is 2.70. The van der Waals surface area contributed by atoms with E-state index in [1.807, 2.05) is 17.5 Å². The van der Waals surface area contributed by atoms with E-state index in [0.29, 0.717) is 5.56 Å². The summed E-state index contributed by atoms with van der Waals surface area (Å²) < 4.78 is 0. The highest BCUT2D eigenvalue weighted by molar-refractivity contribution is 7.13. The predicted molar refractivity (Wildman–Crippen MR) is 58.9 cm³/mol. The molecule has 0 saturated carbocycles. The van der Waals surface area contributed by atoms with Gasteiger partial charge >= 0.3 is 5.97 Å². The van der Waals surface area contributed by atoms with Crippen molar-refractivity contribution in [2.45, 2.75) is 0 Å². The molecule has 3 N–H and O–H groups in total. The molecule has 0 amide bonds. The van der Waals surface area contributed by atoms with Crippen LogP contribution in [-0.2, 0) is 0 Å². The number of hydrogen-bond acceptors (Lipinski definition) is 4. The lowest BCUT2D eigenvalue weighted by atomic mass is 10.1. The molecule has 4 nitrogen and oxygen atoms in total. The highest BCUT2D eigenvalue weighted by Crippen LogP contribution is 2.28. The molecule has 0 aliphatic rings. The van der Waals surface area contributed by atoms with E-state index >= 15 is 0 Å². The number of aromatic carboxylic acids is 1. The Morgan fingerprint density at radius 1 is 1.53 bits per heavy atom. The zero-order valence-electron chi connectivity index (χ0n) is 7.68. The molecule has 0 aromatic carbocycles. The van der Waals surface area contributed by atoms with Gasteiger partial charge in [-0.15, -0.1) is 11.3 Å². The van der Waals surface area contributed by atoms with Crippen LogP contribution < -0.4 is 5.73 Å². The first-order valence-electron chi connectivity index (χ1n) is 4.21. The Bertz CT molecular complexity index is 494. The van der Waals surface area contributed by atoms with Crippen molar-refractivity contribution in [3.05, 3.63) is 35.3 Å². The minimum Gasteiger partial charge on any atom is -0.478 e. The summed E-state index contributed by atoms with van der Waals surface area (Å²) in [7, 11) is 0. The SMILES string of the molecule is Nc1cc(C(=O)O)c(-c2cccs2)cn1. The number of carboxylic acid groups (broad SMARTS) is 1. The van der Waals surface area contributed by atoms with Crippen molar-refractivity contribution < 1.29 is 9.90 Å². The number of anilines is 1. The molecule has 0 spiro atoms. The lowest BCUT2D eigenvalue weighted by molar-refractivity contribution is 0.0697. The van der Waals surface area contributed by atoms with Crippen molar-refractivity contribution in [3.8, 4) is 10.4 Å². The van der Waals surface area contributed by atoms with Gasteiger partial charge in [0.2, 0.25) is 0 Å². The Balaban J connectivity index is 2.61. The van der Waals surface area contributed by atoms with E-state index in [2.05, 4.69) is 4.98 Å². The van der Waals surface area contributed by atoms with Crippen LogP contribution in [0.1, 0.15) is 10.4 Å². The summed E-state index contributed by atoms with van der Waals surface area (Å²) in [6.07, 6.45) is 1.49. The molecule has 2 aromatic rings. The summed E-state index contributed by atoms with van der Waals surface area (Å²) in [5, 5.41) is 10.9. The van der Waals surface area contributed by atoms with E-state index in [-0.39, 0.29) is 11.4 Å². The molecule has 0 radical (unpaired) electrons. The number of nitrogen functional groups attached to an aromatic ring is 1. The van der Waals surface area contributed by atoms with Gasteiger partial charge in [0.1, 0.15) is 5.82 Å². The maximum atomic E-state index is 11.0.